The van der Waals surface area contributed by atoms with Crippen molar-refractivity contribution in [2.75, 3.05) is 10.6 Å². The summed E-state index contributed by atoms with van der Waals surface area (Å²) in [6.07, 6.45) is 0. The van der Waals surface area contributed by atoms with Gasteiger partial charge in [0.2, 0.25) is 0 Å². The first-order chi connectivity index (χ1) is 12.6. The Hall–Kier alpha value is -2.57. The molecule has 0 spiro atoms. The van der Waals surface area contributed by atoms with Crippen molar-refractivity contribution in [1.82, 2.24) is 4.90 Å². The molecule has 0 atom stereocenters. The summed E-state index contributed by atoms with van der Waals surface area (Å²) < 4.78 is 0. The second kappa shape index (κ2) is 6.87. The second-order valence-corrected chi connectivity index (χ2v) is 7.87. The fourth-order valence-corrected chi connectivity index (χ4v) is 3.31. The number of anilines is 2. The highest BCUT2D eigenvalue weighted by Crippen LogP contribution is 2.32. The van der Waals surface area contributed by atoms with Crippen molar-refractivity contribution in [3.8, 4) is 0 Å². The largest absolute Gasteiger partial charge is 0.323 e. The van der Waals surface area contributed by atoms with Gasteiger partial charge < -0.3 is 10.6 Å². The topological polar surface area (TPSA) is 78.5 Å². The number of hydrogen-bond acceptors (Lipinski definition) is 3. The Labute approximate surface area is 166 Å². The summed E-state index contributed by atoms with van der Waals surface area (Å²) in [5, 5.41) is 5.78. The third-order valence-corrected chi connectivity index (χ3v) is 4.65. The van der Waals surface area contributed by atoms with Crippen molar-refractivity contribution in [1.29, 1.82) is 0 Å². The zero-order chi connectivity index (χ0) is 19.9. The van der Waals surface area contributed by atoms with Crippen molar-refractivity contribution in [2.45, 2.75) is 26.3 Å². The number of hydrogen-bond donors (Lipinski definition) is 2. The Bertz CT molecular complexity index is 947. The molecule has 0 radical (unpaired) electrons. The van der Waals surface area contributed by atoms with Gasteiger partial charge in [-0.1, -0.05) is 29.3 Å². The van der Waals surface area contributed by atoms with Gasteiger partial charge in [0.05, 0.1) is 26.9 Å². The van der Waals surface area contributed by atoms with E-state index in [0.717, 1.165) is 0 Å². The molecular formula is C19H17Cl2N3O3. The van der Waals surface area contributed by atoms with Crippen molar-refractivity contribution >= 4 is 52.4 Å². The van der Waals surface area contributed by atoms with Crippen molar-refractivity contribution in [3.05, 3.63) is 57.6 Å². The van der Waals surface area contributed by atoms with E-state index in [1.165, 1.54) is 17.0 Å². The van der Waals surface area contributed by atoms with Gasteiger partial charge in [-0.3, -0.25) is 14.5 Å². The lowest BCUT2D eigenvalue weighted by atomic mass is 10.1. The van der Waals surface area contributed by atoms with E-state index in [0.29, 0.717) is 21.3 Å². The monoisotopic (exact) mass is 405 g/mol. The summed E-state index contributed by atoms with van der Waals surface area (Å²) in [6, 6.07) is 8.86. The number of rotatable bonds is 2. The molecule has 140 valence electrons. The summed E-state index contributed by atoms with van der Waals surface area (Å²) in [4.78, 5) is 38.6. The highest BCUT2D eigenvalue weighted by molar-refractivity contribution is 6.39. The number of nitrogens with one attached hydrogen (secondary N) is 2. The zero-order valence-corrected chi connectivity index (χ0v) is 16.4. The standard InChI is InChI=1S/C19H17Cl2N3O3/c1-19(2,3)24-16(25)11-8-7-10(9-12(11)17(24)26)22-18(27)23-15-13(20)5-4-6-14(15)21/h4-9H,1-3H3,(H2,22,23,27). The Morgan fingerprint density at radius 3 is 2.11 bits per heavy atom. The number of nitrogens with zero attached hydrogens (tertiary/aromatic N) is 1. The molecule has 2 aromatic rings. The zero-order valence-electron chi connectivity index (χ0n) is 14.9. The summed E-state index contributed by atoms with van der Waals surface area (Å²) >= 11 is 12.1. The van der Waals surface area contributed by atoms with Gasteiger partial charge in [-0.2, -0.15) is 0 Å². The second-order valence-electron chi connectivity index (χ2n) is 7.05. The lowest BCUT2D eigenvalue weighted by molar-refractivity contribution is 0.0507. The number of urea groups is 1. The molecule has 8 heteroatoms. The van der Waals surface area contributed by atoms with E-state index in [-0.39, 0.29) is 23.1 Å². The molecule has 1 heterocycles. The van der Waals surface area contributed by atoms with E-state index >= 15 is 0 Å². The maximum absolute atomic E-state index is 12.6. The average Bonchev–Trinajstić information content (AvgIpc) is 2.82. The summed E-state index contributed by atoms with van der Waals surface area (Å²) in [5.74, 6) is -0.734. The summed E-state index contributed by atoms with van der Waals surface area (Å²) in [5.41, 5.74) is 0.577. The van der Waals surface area contributed by atoms with Crippen LogP contribution < -0.4 is 10.6 Å². The third-order valence-electron chi connectivity index (χ3n) is 4.02. The SMILES string of the molecule is CC(C)(C)N1C(=O)c2ccc(NC(=O)Nc3c(Cl)cccc3Cl)cc2C1=O. The van der Waals surface area contributed by atoms with Gasteiger partial charge in [0.25, 0.3) is 11.8 Å². The average molecular weight is 406 g/mol. The van der Waals surface area contributed by atoms with Crippen LogP contribution in [0.25, 0.3) is 0 Å². The van der Waals surface area contributed by atoms with Crippen LogP contribution in [0.3, 0.4) is 0 Å². The van der Waals surface area contributed by atoms with Crippen LogP contribution in [-0.4, -0.2) is 28.3 Å². The number of para-hydroxylation sites is 1. The number of carbonyl (C=O) groups is 3. The van der Waals surface area contributed by atoms with Gasteiger partial charge in [-0.15, -0.1) is 0 Å². The Morgan fingerprint density at radius 2 is 1.52 bits per heavy atom. The molecule has 1 aliphatic heterocycles. The van der Waals surface area contributed by atoms with Crippen LogP contribution in [-0.2, 0) is 0 Å². The van der Waals surface area contributed by atoms with Crippen LogP contribution in [0.4, 0.5) is 16.2 Å². The fraction of sp³-hybridized carbons (Fsp3) is 0.211. The number of carbonyl (C=O) groups excluding carboxylic acids is 3. The predicted octanol–water partition coefficient (Wildman–Crippen LogP) is 5.03. The maximum atomic E-state index is 12.6. The van der Waals surface area contributed by atoms with Gasteiger partial charge in [0, 0.05) is 11.2 Å². The lowest BCUT2D eigenvalue weighted by Gasteiger charge is -2.29. The third kappa shape index (κ3) is 3.63. The first-order valence-corrected chi connectivity index (χ1v) is 8.90. The van der Waals surface area contributed by atoms with E-state index in [9.17, 15) is 14.4 Å². The van der Waals surface area contributed by atoms with Crippen molar-refractivity contribution in [3.63, 3.8) is 0 Å². The van der Waals surface area contributed by atoms with Gasteiger partial charge in [0.15, 0.2) is 0 Å². The minimum atomic E-state index is -0.640. The Kier molecular flexibility index (Phi) is 4.88. The van der Waals surface area contributed by atoms with Gasteiger partial charge >= 0.3 is 6.03 Å². The molecule has 6 nitrogen and oxygen atoms in total. The molecule has 2 aromatic carbocycles. The van der Waals surface area contributed by atoms with Crippen LogP contribution in [0, 0.1) is 0 Å². The quantitative estimate of drug-likeness (QED) is 0.687. The van der Waals surface area contributed by atoms with E-state index < -0.39 is 11.6 Å². The number of fused-ring (bicyclic) bond motifs is 1. The van der Waals surface area contributed by atoms with Crippen LogP contribution >= 0.6 is 23.2 Å². The highest BCUT2D eigenvalue weighted by atomic mass is 35.5. The molecule has 0 aromatic heterocycles. The van der Waals surface area contributed by atoms with Crippen LogP contribution in [0.1, 0.15) is 41.5 Å². The van der Waals surface area contributed by atoms with E-state index in [1.54, 1.807) is 45.0 Å². The van der Waals surface area contributed by atoms with E-state index in [2.05, 4.69) is 10.6 Å². The number of benzene rings is 2. The number of amides is 4. The maximum Gasteiger partial charge on any atom is 0.323 e. The van der Waals surface area contributed by atoms with Gasteiger partial charge in [0.1, 0.15) is 0 Å². The molecule has 27 heavy (non-hydrogen) atoms. The van der Waals surface area contributed by atoms with E-state index in [4.69, 9.17) is 23.2 Å². The fourth-order valence-electron chi connectivity index (χ4n) is 2.82. The summed E-state index contributed by atoms with van der Waals surface area (Å²) in [6.45, 7) is 5.36. The summed E-state index contributed by atoms with van der Waals surface area (Å²) in [7, 11) is 0. The first-order valence-electron chi connectivity index (χ1n) is 8.14. The van der Waals surface area contributed by atoms with Gasteiger partial charge in [-0.25, -0.2) is 4.79 Å². The van der Waals surface area contributed by atoms with Crippen LogP contribution in [0.15, 0.2) is 36.4 Å². The smallest absolute Gasteiger partial charge is 0.308 e. The molecule has 0 saturated carbocycles. The Morgan fingerprint density at radius 1 is 0.926 bits per heavy atom. The van der Waals surface area contributed by atoms with Gasteiger partial charge in [-0.05, 0) is 51.1 Å². The van der Waals surface area contributed by atoms with Crippen molar-refractivity contribution in [2.24, 2.45) is 0 Å². The van der Waals surface area contributed by atoms with Crippen LogP contribution in [0.2, 0.25) is 10.0 Å². The Balaban J connectivity index is 1.81. The normalized spacial score (nSPS) is 13.6. The molecule has 0 fully saturated rings. The molecule has 2 N–H and O–H groups in total. The lowest BCUT2D eigenvalue weighted by Crippen LogP contribution is -2.45. The first kappa shape index (κ1) is 19.2. The van der Waals surface area contributed by atoms with Crippen LogP contribution in [0.5, 0.6) is 0 Å². The molecule has 4 amide bonds. The molecule has 0 aliphatic carbocycles. The number of imide groups is 1. The predicted molar refractivity (Wildman–Crippen MR) is 106 cm³/mol. The van der Waals surface area contributed by atoms with E-state index in [1.807, 2.05) is 0 Å². The molecule has 0 bridgehead atoms. The highest BCUT2D eigenvalue weighted by Gasteiger charge is 2.41. The molecular weight excluding hydrogens is 389 g/mol. The number of halogens is 2. The minimum absolute atomic E-state index is 0.253. The molecule has 1 aliphatic rings. The van der Waals surface area contributed by atoms with Crippen molar-refractivity contribution < 1.29 is 14.4 Å². The molecule has 0 unspecified atom stereocenters. The minimum Gasteiger partial charge on any atom is -0.308 e. The molecule has 3 rings (SSSR count). The molecule has 0 saturated heterocycles.